The van der Waals surface area contributed by atoms with E-state index in [-0.39, 0.29) is 11.9 Å². The average molecular weight is 341 g/mol. The van der Waals surface area contributed by atoms with Gasteiger partial charge in [-0.25, -0.2) is 0 Å². The fourth-order valence-electron chi connectivity index (χ4n) is 2.24. The highest BCUT2D eigenvalue weighted by Crippen LogP contribution is 2.36. The van der Waals surface area contributed by atoms with Crippen molar-refractivity contribution < 1.29 is 14.3 Å². The number of amides is 1. The van der Waals surface area contributed by atoms with Crippen LogP contribution in [0.2, 0.25) is 5.02 Å². The SMILES string of the molecule is COc1cc(C(=O)NCC(N)C2CC2)cc(Cl)c1OCC(C)C. The first-order valence-corrected chi connectivity index (χ1v) is 8.34. The first-order chi connectivity index (χ1) is 10.9. The Bertz CT molecular complexity index is 559. The molecule has 1 aliphatic carbocycles. The third kappa shape index (κ3) is 5.01. The molecule has 1 aromatic carbocycles. The van der Waals surface area contributed by atoms with Crippen molar-refractivity contribution in [3.05, 3.63) is 22.7 Å². The molecule has 0 aliphatic heterocycles. The highest BCUT2D eigenvalue weighted by molar-refractivity contribution is 6.32. The number of hydrogen-bond acceptors (Lipinski definition) is 4. The van der Waals surface area contributed by atoms with E-state index in [9.17, 15) is 4.79 Å². The third-order valence-corrected chi connectivity index (χ3v) is 4.06. The summed E-state index contributed by atoms with van der Waals surface area (Å²) in [6.07, 6.45) is 2.30. The van der Waals surface area contributed by atoms with Crippen molar-refractivity contribution in [1.29, 1.82) is 0 Å². The number of carbonyl (C=O) groups excluding carboxylic acids is 1. The van der Waals surface area contributed by atoms with E-state index in [0.717, 1.165) is 12.8 Å². The van der Waals surface area contributed by atoms with Crippen LogP contribution in [-0.4, -0.2) is 32.2 Å². The largest absolute Gasteiger partial charge is 0.493 e. The summed E-state index contributed by atoms with van der Waals surface area (Å²) in [6, 6.07) is 3.25. The van der Waals surface area contributed by atoms with Crippen LogP contribution in [0.25, 0.3) is 0 Å². The molecule has 6 heteroatoms. The number of nitrogens with two attached hydrogens (primary N) is 1. The maximum Gasteiger partial charge on any atom is 0.251 e. The van der Waals surface area contributed by atoms with Gasteiger partial charge in [0.05, 0.1) is 18.7 Å². The van der Waals surface area contributed by atoms with Gasteiger partial charge in [0.15, 0.2) is 11.5 Å². The van der Waals surface area contributed by atoms with E-state index in [1.165, 1.54) is 7.11 Å². The molecule has 0 heterocycles. The molecule has 5 nitrogen and oxygen atoms in total. The molecule has 128 valence electrons. The van der Waals surface area contributed by atoms with E-state index in [1.807, 2.05) is 13.8 Å². The van der Waals surface area contributed by atoms with Crippen molar-refractivity contribution in [2.24, 2.45) is 17.6 Å². The standard InChI is InChI=1S/C17H25ClN2O3/c1-10(2)9-23-16-13(18)6-12(7-15(16)22-3)17(21)20-8-14(19)11-4-5-11/h6-7,10-11,14H,4-5,8-9,19H2,1-3H3,(H,20,21). The first kappa shape index (κ1) is 17.9. The summed E-state index contributed by atoms with van der Waals surface area (Å²) in [4.78, 5) is 12.3. The summed E-state index contributed by atoms with van der Waals surface area (Å²) in [6.45, 7) is 5.09. The van der Waals surface area contributed by atoms with Gasteiger partial charge in [-0.15, -0.1) is 0 Å². The Morgan fingerprint density at radius 3 is 2.70 bits per heavy atom. The Labute approximate surface area is 142 Å². The zero-order chi connectivity index (χ0) is 17.0. The summed E-state index contributed by atoms with van der Waals surface area (Å²) in [5.74, 6) is 1.61. The van der Waals surface area contributed by atoms with E-state index in [1.54, 1.807) is 12.1 Å². The van der Waals surface area contributed by atoms with E-state index in [2.05, 4.69) is 5.32 Å². The lowest BCUT2D eigenvalue weighted by Gasteiger charge is -2.16. The molecule has 1 aromatic rings. The summed E-state index contributed by atoms with van der Waals surface area (Å²) in [7, 11) is 1.53. The van der Waals surface area contributed by atoms with Gasteiger partial charge in [0.2, 0.25) is 0 Å². The molecule has 1 unspecified atom stereocenters. The van der Waals surface area contributed by atoms with Crippen molar-refractivity contribution in [1.82, 2.24) is 5.32 Å². The molecule has 0 bridgehead atoms. The lowest BCUT2D eigenvalue weighted by atomic mass is 10.1. The number of nitrogens with one attached hydrogen (secondary N) is 1. The number of rotatable bonds is 8. The molecular formula is C17H25ClN2O3. The smallest absolute Gasteiger partial charge is 0.251 e. The number of ether oxygens (including phenoxy) is 2. The van der Waals surface area contributed by atoms with Gasteiger partial charge < -0.3 is 20.5 Å². The van der Waals surface area contributed by atoms with Crippen LogP contribution in [0.1, 0.15) is 37.0 Å². The second-order valence-corrected chi connectivity index (χ2v) is 6.81. The molecule has 3 N–H and O–H groups in total. The molecule has 1 atom stereocenters. The predicted octanol–water partition coefficient (Wildman–Crippen LogP) is 2.85. The predicted molar refractivity (Wildman–Crippen MR) is 91.4 cm³/mol. The average Bonchev–Trinajstić information content (AvgIpc) is 3.34. The summed E-state index contributed by atoms with van der Waals surface area (Å²) >= 11 is 6.25. The Hall–Kier alpha value is -1.46. The normalized spacial score (nSPS) is 15.4. The van der Waals surface area contributed by atoms with Crippen LogP contribution in [0.3, 0.4) is 0 Å². The van der Waals surface area contributed by atoms with Gasteiger partial charge in [0, 0.05) is 18.2 Å². The van der Waals surface area contributed by atoms with Gasteiger partial charge in [0.25, 0.3) is 5.91 Å². The van der Waals surface area contributed by atoms with Gasteiger partial charge in [-0.05, 0) is 36.8 Å². The van der Waals surface area contributed by atoms with E-state index < -0.39 is 0 Å². The summed E-state index contributed by atoms with van der Waals surface area (Å²) in [5.41, 5.74) is 6.43. The first-order valence-electron chi connectivity index (χ1n) is 7.96. The molecule has 0 radical (unpaired) electrons. The van der Waals surface area contributed by atoms with Gasteiger partial charge in [-0.2, -0.15) is 0 Å². The number of carbonyl (C=O) groups is 1. The van der Waals surface area contributed by atoms with Crippen LogP contribution >= 0.6 is 11.6 Å². The maximum absolute atomic E-state index is 12.3. The Morgan fingerprint density at radius 2 is 2.13 bits per heavy atom. The molecule has 0 aromatic heterocycles. The van der Waals surface area contributed by atoms with Crippen molar-refractivity contribution in [3.63, 3.8) is 0 Å². The topological polar surface area (TPSA) is 73.6 Å². The highest BCUT2D eigenvalue weighted by Gasteiger charge is 2.28. The third-order valence-electron chi connectivity index (χ3n) is 3.78. The Kier molecular flexibility index (Phi) is 6.13. The highest BCUT2D eigenvalue weighted by atomic mass is 35.5. The van der Waals surface area contributed by atoms with Crippen molar-refractivity contribution >= 4 is 17.5 Å². The molecule has 2 rings (SSSR count). The van der Waals surface area contributed by atoms with Crippen LogP contribution in [0.5, 0.6) is 11.5 Å². The zero-order valence-electron chi connectivity index (χ0n) is 13.9. The van der Waals surface area contributed by atoms with Crippen molar-refractivity contribution in [2.45, 2.75) is 32.7 Å². The molecular weight excluding hydrogens is 316 g/mol. The molecule has 0 saturated heterocycles. The van der Waals surface area contributed by atoms with Gasteiger partial charge in [-0.1, -0.05) is 25.4 Å². The minimum atomic E-state index is -0.211. The Morgan fingerprint density at radius 1 is 1.43 bits per heavy atom. The van der Waals surface area contributed by atoms with Gasteiger partial charge in [0.1, 0.15) is 0 Å². The number of methoxy groups -OCH3 is 1. The van der Waals surface area contributed by atoms with Gasteiger partial charge in [-0.3, -0.25) is 4.79 Å². The maximum atomic E-state index is 12.3. The minimum absolute atomic E-state index is 0.0185. The van der Waals surface area contributed by atoms with E-state index >= 15 is 0 Å². The molecule has 1 saturated carbocycles. The lowest BCUT2D eigenvalue weighted by Crippen LogP contribution is -2.38. The fourth-order valence-corrected chi connectivity index (χ4v) is 2.51. The summed E-state index contributed by atoms with van der Waals surface area (Å²) < 4.78 is 11.0. The monoisotopic (exact) mass is 340 g/mol. The van der Waals surface area contributed by atoms with E-state index in [4.69, 9.17) is 26.8 Å². The second kappa shape index (κ2) is 7.88. The molecule has 23 heavy (non-hydrogen) atoms. The Balaban J connectivity index is 2.06. The lowest BCUT2D eigenvalue weighted by molar-refractivity contribution is 0.0950. The molecule has 1 amide bonds. The molecule has 1 fully saturated rings. The van der Waals surface area contributed by atoms with Crippen LogP contribution in [-0.2, 0) is 0 Å². The second-order valence-electron chi connectivity index (χ2n) is 6.41. The number of halogens is 1. The number of benzene rings is 1. The van der Waals surface area contributed by atoms with Crippen LogP contribution in [0.4, 0.5) is 0 Å². The number of hydrogen-bond donors (Lipinski definition) is 2. The molecule has 0 spiro atoms. The summed E-state index contributed by atoms with van der Waals surface area (Å²) in [5, 5.41) is 3.21. The van der Waals surface area contributed by atoms with Crippen LogP contribution in [0.15, 0.2) is 12.1 Å². The van der Waals surface area contributed by atoms with Crippen molar-refractivity contribution in [3.8, 4) is 11.5 Å². The van der Waals surface area contributed by atoms with E-state index in [0.29, 0.717) is 47.1 Å². The van der Waals surface area contributed by atoms with Crippen LogP contribution in [0, 0.1) is 11.8 Å². The zero-order valence-corrected chi connectivity index (χ0v) is 14.7. The quantitative estimate of drug-likeness (QED) is 0.763. The minimum Gasteiger partial charge on any atom is -0.493 e. The molecule has 1 aliphatic rings. The van der Waals surface area contributed by atoms with Crippen LogP contribution < -0.4 is 20.5 Å². The fraction of sp³-hybridized carbons (Fsp3) is 0.588. The van der Waals surface area contributed by atoms with Gasteiger partial charge >= 0.3 is 0 Å². The van der Waals surface area contributed by atoms with Crippen molar-refractivity contribution in [2.75, 3.05) is 20.3 Å².